The Morgan fingerprint density at radius 1 is 0.837 bits per heavy atom. The van der Waals surface area contributed by atoms with Crippen LogP contribution < -0.4 is 34.3 Å². The molecular weight excluding hydrogens is 710 g/mol. The number of aromatic nitrogens is 2. The fourth-order valence-electron chi connectivity index (χ4n) is 4.22. The van der Waals surface area contributed by atoms with Crippen molar-refractivity contribution in [2.24, 2.45) is 0 Å². The molecule has 0 aliphatic rings. The molecule has 2 unspecified atom stereocenters. The quantitative estimate of drug-likeness (QED) is 0.0960. The molecule has 0 bridgehead atoms. The van der Waals surface area contributed by atoms with Gasteiger partial charge in [0.25, 0.3) is 6.47 Å². The zero-order chi connectivity index (χ0) is 33.9. The van der Waals surface area contributed by atoms with E-state index in [2.05, 4.69) is 26.8 Å². The van der Waals surface area contributed by atoms with Crippen molar-refractivity contribution in [1.82, 2.24) is 9.97 Å². The van der Waals surface area contributed by atoms with E-state index in [1.165, 1.54) is 24.8 Å². The van der Waals surface area contributed by atoms with Crippen molar-refractivity contribution in [1.29, 1.82) is 0 Å². The number of aryl methyl sites for hydroxylation is 3. The van der Waals surface area contributed by atoms with Crippen LogP contribution in [0.1, 0.15) is 72.5 Å². The molecule has 2 aromatic carbocycles. The van der Waals surface area contributed by atoms with E-state index in [4.69, 9.17) is 42.6 Å². The Hall–Kier alpha value is -3.64. The predicted octanol–water partition coefficient (Wildman–Crippen LogP) is 3.98. The molecule has 4 aromatic rings. The van der Waals surface area contributed by atoms with Crippen LogP contribution in [0.3, 0.4) is 0 Å². The van der Waals surface area contributed by atoms with Gasteiger partial charge in [-0.2, -0.15) is 9.59 Å². The maximum absolute atomic E-state index is 11.6. The molecule has 2 aromatic heterocycles. The monoisotopic (exact) mass is 742 g/mol. The number of esters is 1. The van der Waals surface area contributed by atoms with E-state index in [9.17, 15) is 14.4 Å². The summed E-state index contributed by atoms with van der Waals surface area (Å²) in [5.41, 5.74) is 4.71. The molecule has 0 radical (unpaired) electrons. The summed E-state index contributed by atoms with van der Waals surface area (Å²) in [5.74, 6) is -1.72. The van der Waals surface area contributed by atoms with E-state index in [-0.39, 0.29) is 77.0 Å². The second-order valence-electron chi connectivity index (χ2n) is 9.63. The van der Waals surface area contributed by atoms with Crippen molar-refractivity contribution >= 4 is 60.2 Å². The number of carbonyl (C=O) groups is 3. The average Bonchev–Trinajstić information content (AvgIpc) is 3.07. The molecule has 0 aliphatic heterocycles. The summed E-state index contributed by atoms with van der Waals surface area (Å²) in [6.45, 7) is 2.04. The third kappa shape index (κ3) is 17.5. The Kier molecular flexibility index (Phi) is 25.4. The van der Waals surface area contributed by atoms with Crippen LogP contribution in [0.2, 0.25) is 0 Å². The minimum Gasteiger partial charge on any atom is -0.870 e. The summed E-state index contributed by atoms with van der Waals surface area (Å²) in [6, 6.07) is 26.5. The number of alkyl halides is 2. The molecule has 0 amide bonds. The first-order valence-corrected chi connectivity index (χ1v) is 14.8. The van der Waals surface area contributed by atoms with Crippen LogP contribution >= 0.6 is 35.6 Å². The number of ether oxygens (including phenoxy) is 2. The van der Waals surface area contributed by atoms with Crippen molar-refractivity contribution in [3.8, 4) is 5.88 Å². The van der Waals surface area contributed by atoms with E-state index in [0.717, 1.165) is 36.1 Å². The van der Waals surface area contributed by atoms with E-state index in [1.54, 1.807) is 6.07 Å². The number of carbonyl (C=O) groups excluding carboxylic acids is 4. The van der Waals surface area contributed by atoms with Crippen LogP contribution in [0, 0.1) is 6.92 Å². The third-order valence-electron chi connectivity index (χ3n) is 6.36. The molecule has 0 spiro atoms. The number of hydrogen-bond acceptors (Lipinski definition) is 10. The predicted molar refractivity (Wildman–Crippen MR) is 179 cm³/mol. The number of carboxylic acids is 1. The van der Waals surface area contributed by atoms with Gasteiger partial charge in [0.1, 0.15) is 5.69 Å². The van der Waals surface area contributed by atoms with Crippen LogP contribution in [0.4, 0.5) is 0 Å². The fourth-order valence-corrected chi connectivity index (χ4v) is 4.69. The average molecular weight is 744 g/mol. The number of hydrogen-bond donors (Lipinski definition) is 1. The molecule has 2 atom stereocenters. The minimum atomic E-state index is -1.20. The van der Waals surface area contributed by atoms with Gasteiger partial charge in [-0.1, -0.05) is 60.7 Å². The van der Waals surface area contributed by atoms with Crippen LogP contribution in [0.25, 0.3) is 0 Å². The van der Waals surface area contributed by atoms with Crippen LogP contribution in [0.15, 0.2) is 84.9 Å². The van der Waals surface area contributed by atoms with Gasteiger partial charge in [0.2, 0.25) is 5.88 Å². The molecule has 49 heavy (non-hydrogen) atoms. The standard InChI is InChI=1S/C17H18ClNO2.C16H14ClNO4.CO2.ClH.Na.H2O/c1-12-10-14(11-16(19-12)17(20)21-2)15(18)9-8-13-6-4-3-5-7-13;17-13(7-6-11-4-2-1-3-5-11)12-8-14(16(20)21)18-15(9-12)22-10-19;2-1-3;;;/h3-7,10-11,15H,8-9H2,1-2H3;1-5,8-10,13H,6-7H2,(H,20,21);;1H;;1H2/q;;;;+1;/p-1. The Morgan fingerprint density at radius 3 is 1.71 bits per heavy atom. The second kappa shape index (κ2) is 26.3. The zero-order valence-electron chi connectivity index (χ0n) is 27.0. The molecule has 256 valence electrons. The van der Waals surface area contributed by atoms with Gasteiger partial charge < -0.3 is 20.1 Å². The summed E-state index contributed by atoms with van der Waals surface area (Å²) in [7, 11) is 1.35. The molecular formula is C34H34Cl3N2NaO9. The summed E-state index contributed by atoms with van der Waals surface area (Å²) < 4.78 is 9.35. The second-order valence-corrected chi connectivity index (χ2v) is 10.7. The van der Waals surface area contributed by atoms with E-state index in [1.807, 2.05) is 61.5 Å². The smallest absolute Gasteiger partial charge is 0.870 e. The Bertz CT molecular complexity index is 1610. The first-order valence-electron chi connectivity index (χ1n) is 13.9. The largest absolute Gasteiger partial charge is 1.00 e. The molecule has 11 nitrogen and oxygen atoms in total. The van der Waals surface area contributed by atoms with Gasteiger partial charge in [-0.3, -0.25) is 4.79 Å². The Balaban J connectivity index is 0. The number of aromatic carboxylic acids is 1. The fraction of sp³-hybridized carbons (Fsp3) is 0.235. The van der Waals surface area contributed by atoms with Gasteiger partial charge in [-0.05, 0) is 73.1 Å². The molecule has 15 heteroatoms. The maximum Gasteiger partial charge on any atom is 1.00 e. The van der Waals surface area contributed by atoms with Gasteiger partial charge in [0.05, 0.1) is 17.9 Å². The number of nitrogens with zero attached hydrogens (tertiary/aromatic N) is 2. The summed E-state index contributed by atoms with van der Waals surface area (Å²) in [4.78, 5) is 57.2. The zero-order valence-corrected chi connectivity index (χ0v) is 31.3. The SMILES string of the molecule is COC(=O)c1cc(C(Cl)CCc2ccccc2)cc(C)n1.Cl.O=C=O.O=COc1cc(C(Cl)CCc2ccccc2)cc(C(=O)O)n1.[Na+].[OH-]. The van der Waals surface area contributed by atoms with E-state index in [0.29, 0.717) is 17.7 Å². The van der Waals surface area contributed by atoms with Crippen LogP contribution in [-0.2, 0) is 32.0 Å². The van der Waals surface area contributed by atoms with Crippen molar-refractivity contribution in [3.63, 3.8) is 0 Å². The molecule has 2 N–H and O–H groups in total. The van der Waals surface area contributed by atoms with Crippen molar-refractivity contribution in [2.45, 2.75) is 43.4 Å². The van der Waals surface area contributed by atoms with Gasteiger partial charge in [-0.15, -0.1) is 35.6 Å². The van der Waals surface area contributed by atoms with Crippen molar-refractivity contribution in [3.05, 3.63) is 124 Å². The summed E-state index contributed by atoms with van der Waals surface area (Å²) >= 11 is 12.8. The minimum absolute atomic E-state index is 0. The number of carboxylic acid groups (broad SMARTS) is 1. The van der Waals surface area contributed by atoms with Crippen molar-refractivity contribution in [2.75, 3.05) is 7.11 Å². The summed E-state index contributed by atoms with van der Waals surface area (Å²) in [6.07, 6.45) is 3.32. The van der Waals surface area contributed by atoms with Gasteiger partial charge in [0.15, 0.2) is 5.69 Å². The first-order chi connectivity index (χ1) is 22.1. The number of pyridine rings is 2. The molecule has 0 saturated carbocycles. The maximum atomic E-state index is 11.6. The summed E-state index contributed by atoms with van der Waals surface area (Å²) in [5, 5.41) is 8.48. The first kappa shape index (κ1) is 47.5. The van der Waals surface area contributed by atoms with Gasteiger partial charge >= 0.3 is 47.6 Å². The van der Waals surface area contributed by atoms with Crippen LogP contribution in [-0.4, -0.2) is 52.2 Å². The van der Waals surface area contributed by atoms with Gasteiger partial charge in [-0.25, -0.2) is 19.6 Å². The number of benzene rings is 2. The van der Waals surface area contributed by atoms with Crippen molar-refractivity contribution < 1.29 is 73.6 Å². The van der Waals surface area contributed by atoms with Crippen LogP contribution in [0.5, 0.6) is 5.88 Å². The number of methoxy groups -OCH3 is 1. The molecule has 0 saturated heterocycles. The normalized spacial score (nSPS) is 10.5. The third-order valence-corrected chi connectivity index (χ3v) is 7.30. The number of rotatable bonds is 12. The number of halogens is 3. The van der Waals surface area contributed by atoms with E-state index < -0.39 is 17.3 Å². The Morgan fingerprint density at radius 2 is 1.29 bits per heavy atom. The van der Waals surface area contributed by atoms with E-state index >= 15 is 0 Å². The molecule has 0 fully saturated rings. The van der Waals surface area contributed by atoms with Gasteiger partial charge in [0, 0.05) is 11.8 Å². The molecule has 2 heterocycles. The molecule has 0 aliphatic carbocycles. The molecule has 4 rings (SSSR count). The Labute approximate surface area is 322 Å². The topological polar surface area (TPSA) is 180 Å².